The van der Waals surface area contributed by atoms with Crippen LogP contribution in [0.5, 0.6) is 5.75 Å². The summed E-state index contributed by atoms with van der Waals surface area (Å²) in [6.07, 6.45) is -0.0798. The lowest BCUT2D eigenvalue weighted by molar-refractivity contribution is -0.136. The van der Waals surface area contributed by atoms with Gasteiger partial charge in [-0.3, -0.25) is 4.79 Å². The Hall–Kier alpha value is -1.47. The number of rotatable bonds is 3. The minimum Gasteiger partial charge on any atom is -0.496 e. The van der Waals surface area contributed by atoms with Crippen molar-refractivity contribution in [3.8, 4) is 17.6 Å². The number of carboxylic acid groups (broad SMARTS) is 1. The molecule has 0 radical (unpaired) electrons. The summed E-state index contributed by atoms with van der Waals surface area (Å²) in [6, 6.07) is 3.52. The summed E-state index contributed by atoms with van der Waals surface area (Å²) in [5.41, 5.74) is 1.41. The molecule has 0 amide bonds. The fourth-order valence-electron chi connectivity index (χ4n) is 1.33. The van der Waals surface area contributed by atoms with Crippen LogP contribution in [0.15, 0.2) is 16.6 Å². The van der Waals surface area contributed by atoms with Crippen molar-refractivity contribution in [1.82, 2.24) is 0 Å². The zero-order valence-electron chi connectivity index (χ0n) is 9.00. The van der Waals surface area contributed by atoms with Gasteiger partial charge in [0.25, 0.3) is 0 Å². The predicted molar refractivity (Wildman–Crippen MR) is 64.6 cm³/mol. The first-order valence-electron chi connectivity index (χ1n) is 4.59. The number of hydrogen-bond donors (Lipinski definition) is 1. The Morgan fingerprint density at radius 2 is 2.25 bits per heavy atom. The van der Waals surface area contributed by atoms with Crippen molar-refractivity contribution in [2.75, 3.05) is 7.11 Å². The Morgan fingerprint density at radius 3 is 2.75 bits per heavy atom. The number of carbonyl (C=O) groups is 1. The third-order valence-electron chi connectivity index (χ3n) is 1.97. The van der Waals surface area contributed by atoms with E-state index in [9.17, 15) is 4.79 Å². The topological polar surface area (TPSA) is 46.5 Å². The molecule has 0 aliphatic carbocycles. The Bertz CT molecular complexity index is 469. The van der Waals surface area contributed by atoms with Crippen LogP contribution in [0.4, 0.5) is 0 Å². The first kappa shape index (κ1) is 12.6. The van der Waals surface area contributed by atoms with Gasteiger partial charge >= 0.3 is 5.97 Å². The highest BCUT2D eigenvalue weighted by Gasteiger charge is 2.12. The van der Waals surface area contributed by atoms with Crippen LogP contribution in [0.25, 0.3) is 0 Å². The molecule has 0 aliphatic rings. The van der Waals surface area contributed by atoms with Crippen molar-refractivity contribution >= 4 is 21.9 Å². The quantitative estimate of drug-likeness (QED) is 0.867. The van der Waals surface area contributed by atoms with Crippen molar-refractivity contribution < 1.29 is 14.6 Å². The maximum Gasteiger partial charge on any atom is 0.308 e. The van der Waals surface area contributed by atoms with Gasteiger partial charge in [0.15, 0.2) is 0 Å². The van der Waals surface area contributed by atoms with Crippen molar-refractivity contribution in [2.45, 2.75) is 13.3 Å². The lowest BCUT2D eigenvalue weighted by atomic mass is 10.1. The van der Waals surface area contributed by atoms with Crippen LogP contribution in [0.1, 0.15) is 18.1 Å². The van der Waals surface area contributed by atoms with E-state index in [2.05, 4.69) is 27.8 Å². The first-order chi connectivity index (χ1) is 7.58. The molecule has 0 heterocycles. The van der Waals surface area contributed by atoms with Crippen LogP contribution in [-0.2, 0) is 11.2 Å². The van der Waals surface area contributed by atoms with E-state index in [-0.39, 0.29) is 6.42 Å². The molecule has 0 spiro atoms. The highest BCUT2D eigenvalue weighted by atomic mass is 79.9. The average Bonchev–Trinajstić information content (AvgIpc) is 2.21. The molecule has 1 N–H and O–H groups in total. The minimum absolute atomic E-state index is 0.0798. The second-order valence-electron chi connectivity index (χ2n) is 3.08. The highest BCUT2D eigenvalue weighted by Crippen LogP contribution is 2.29. The molecule has 1 aromatic rings. The van der Waals surface area contributed by atoms with E-state index >= 15 is 0 Å². The van der Waals surface area contributed by atoms with E-state index < -0.39 is 5.97 Å². The number of halogens is 1. The van der Waals surface area contributed by atoms with Gasteiger partial charge in [-0.15, -0.1) is 5.92 Å². The summed E-state index contributed by atoms with van der Waals surface area (Å²) in [7, 11) is 1.51. The molecule has 16 heavy (non-hydrogen) atoms. The maximum atomic E-state index is 10.7. The van der Waals surface area contributed by atoms with Crippen molar-refractivity contribution in [3.05, 3.63) is 27.7 Å². The molecule has 3 nitrogen and oxygen atoms in total. The van der Waals surface area contributed by atoms with Crippen LogP contribution in [0, 0.1) is 11.8 Å². The molecule has 0 saturated heterocycles. The standard InChI is InChI=1S/C12H11BrO3/c1-3-4-8-5-10(13)9(7-12(14)15)11(6-8)16-2/h5-6H,7H2,1-2H3,(H,14,15). The second-order valence-corrected chi connectivity index (χ2v) is 3.94. The van der Waals surface area contributed by atoms with Crippen LogP contribution < -0.4 is 4.74 Å². The van der Waals surface area contributed by atoms with E-state index in [1.807, 2.05) is 0 Å². The number of aliphatic carboxylic acids is 1. The Labute approximate surface area is 103 Å². The molecule has 0 unspecified atom stereocenters. The molecule has 0 saturated carbocycles. The van der Waals surface area contributed by atoms with Crippen LogP contribution >= 0.6 is 15.9 Å². The summed E-state index contributed by atoms with van der Waals surface area (Å²) in [5.74, 6) is 5.32. The van der Waals surface area contributed by atoms with Crippen molar-refractivity contribution in [2.24, 2.45) is 0 Å². The van der Waals surface area contributed by atoms with E-state index in [1.54, 1.807) is 19.1 Å². The van der Waals surface area contributed by atoms with Crippen molar-refractivity contribution in [1.29, 1.82) is 0 Å². The fraction of sp³-hybridized carbons (Fsp3) is 0.250. The molecule has 0 bridgehead atoms. The van der Waals surface area contributed by atoms with Gasteiger partial charge < -0.3 is 9.84 Å². The number of carboxylic acids is 1. The normalized spacial score (nSPS) is 9.19. The summed E-state index contributed by atoms with van der Waals surface area (Å²) >= 11 is 3.33. The summed E-state index contributed by atoms with van der Waals surface area (Å²) in [6.45, 7) is 1.74. The van der Waals surface area contributed by atoms with Gasteiger partial charge in [-0.2, -0.15) is 0 Å². The molecule has 4 heteroatoms. The minimum atomic E-state index is -0.895. The number of benzene rings is 1. The van der Waals surface area contributed by atoms with E-state index in [4.69, 9.17) is 9.84 Å². The predicted octanol–water partition coefficient (Wildman–Crippen LogP) is 2.46. The van der Waals surface area contributed by atoms with Gasteiger partial charge in [0.1, 0.15) is 5.75 Å². The summed E-state index contributed by atoms with van der Waals surface area (Å²) in [4.78, 5) is 10.7. The van der Waals surface area contributed by atoms with Crippen LogP contribution in [0.3, 0.4) is 0 Å². The SMILES string of the molecule is CC#Cc1cc(Br)c(CC(=O)O)c(OC)c1. The van der Waals surface area contributed by atoms with Crippen molar-refractivity contribution in [3.63, 3.8) is 0 Å². The monoisotopic (exact) mass is 282 g/mol. The number of hydrogen-bond acceptors (Lipinski definition) is 2. The lowest BCUT2D eigenvalue weighted by Gasteiger charge is -2.09. The van der Waals surface area contributed by atoms with Gasteiger partial charge in [0.05, 0.1) is 13.5 Å². The Kier molecular flexibility index (Phi) is 4.39. The molecule has 84 valence electrons. The van der Waals surface area contributed by atoms with Gasteiger partial charge in [-0.1, -0.05) is 21.9 Å². The van der Waals surface area contributed by atoms with E-state index in [1.165, 1.54) is 7.11 Å². The molecule has 1 aromatic carbocycles. The molecule has 0 aliphatic heterocycles. The summed E-state index contributed by atoms with van der Waals surface area (Å²) in [5, 5.41) is 8.78. The smallest absolute Gasteiger partial charge is 0.308 e. The molecule has 1 rings (SSSR count). The molecule has 0 aromatic heterocycles. The Morgan fingerprint density at radius 1 is 1.56 bits per heavy atom. The van der Waals surface area contributed by atoms with E-state index in [0.717, 1.165) is 5.56 Å². The largest absolute Gasteiger partial charge is 0.496 e. The van der Waals surface area contributed by atoms with Gasteiger partial charge in [0, 0.05) is 15.6 Å². The molecular weight excluding hydrogens is 272 g/mol. The highest BCUT2D eigenvalue weighted by molar-refractivity contribution is 9.10. The molecule has 0 atom stereocenters. The van der Waals surface area contributed by atoms with Gasteiger partial charge in [-0.05, 0) is 19.1 Å². The maximum absolute atomic E-state index is 10.7. The third kappa shape index (κ3) is 3.01. The average molecular weight is 283 g/mol. The lowest BCUT2D eigenvalue weighted by Crippen LogP contribution is -2.03. The number of ether oxygens (including phenoxy) is 1. The van der Waals surface area contributed by atoms with Crippen LogP contribution in [-0.4, -0.2) is 18.2 Å². The molecule has 0 fully saturated rings. The fourth-order valence-corrected chi connectivity index (χ4v) is 1.91. The van der Waals surface area contributed by atoms with E-state index in [0.29, 0.717) is 15.8 Å². The number of methoxy groups -OCH3 is 1. The second kappa shape index (κ2) is 5.57. The molecular formula is C12H11BrO3. The third-order valence-corrected chi connectivity index (χ3v) is 2.68. The summed E-state index contributed by atoms with van der Waals surface area (Å²) < 4.78 is 5.85. The zero-order valence-corrected chi connectivity index (χ0v) is 10.6. The van der Waals surface area contributed by atoms with Gasteiger partial charge in [-0.25, -0.2) is 0 Å². The first-order valence-corrected chi connectivity index (χ1v) is 5.38. The Balaban J connectivity index is 3.26. The van der Waals surface area contributed by atoms with Gasteiger partial charge in [0.2, 0.25) is 0 Å². The van der Waals surface area contributed by atoms with Crippen LogP contribution in [0.2, 0.25) is 0 Å². The zero-order chi connectivity index (χ0) is 12.1.